The van der Waals surface area contributed by atoms with Crippen LogP contribution in [0.4, 0.5) is 0 Å². The van der Waals surface area contributed by atoms with Gasteiger partial charge in [-0.05, 0) is 77.0 Å². The van der Waals surface area contributed by atoms with E-state index in [2.05, 4.69) is 67.8 Å². The molecule has 0 aromatic heterocycles. The van der Waals surface area contributed by atoms with Crippen LogP contribution in [0.15, 0.2) is 60.8 Å². The van der Waals surface area contributed by atoms with Gasteiger partial charge < -0.3 is 40.3 Å². The summed E-state index contributed by atoms with van der Waals surface area (Å²) in [5.74, 6) is -0.201. The standard InChI is InChI=1S/C52H93NO8/c1-3-5-7-9-11-13-15-17-19-20-21-22-23-24-25-26-28-30-32-34-36-38-40-42-48(56)53-45(44-60-52-51(59)50(58)49(57)47(43-54)61-52)46(55)41-39-37-35-33-31-29-27-18-16-14-12-10-8-6-4-2/h16,18,21-22,24-25,31,33,39,41,45-47,49-52,54-55,57-59H,3-15,17,19-20,23,26-30,32,34-38,40,42-44H2,1-2H3,(H,53,56)/b18-16+,22-21-,25-24-,33-31+,41-39+. The second-order valence-electron chi connectivity index (χ2n) is 17.2. The summed E-state index contributed by atoms with van der Waals surface area (Å²) in [6, 6.07) is -0.834. The molecule has 7 unspecified atom stereocenters. The van der Waals surface area contributed by atoms with E-state index in [9.17, 15) is 30.3 Å². The Kier molecular flexibility index (Phi) is 39.1. The summed E-state index contributed by atoms with van der Waals surface area (Å²) in [5.41, 5.74) is 0. The Balaban J connectivity index is 2.33. The molecule has 6 N–H and O–H groups in total. The number of carbonyl (C=O) groups is 1. The highest BCUT2D eigenvalue weighted by Gasteiger charge is 2.44. The van der Waals surface area contributed by atoms with E-state index in [1.54, 1.807) is 6.08 Å². The Labute approximate surface area is 373 Å². The predicted octanol–water partition coefficient (Wildman–Crippen LogP) is 11.2. The van der Waals surface area contributed by atoms with E-state index in [0.717, 1.165) is 70.6 Å². The summed E-state index contributed by atoms with van der Waals surface area (Å²) >= 11 is 0. The van der Waals surface area contributed by atoms with E-state index in [1.165, 1.54) is 116 Å². The lowest BCUT2D eigenvalue weighted by Gasteiger charge is -2.40. The summed E-state index contributed by atoms with van der Waals surface area (Å²) in [4.78, 5) is 13.0. The van der Waals surface area contributed by atoms with Crippen molar-refractivity contribution in [3.8, 4) is 0 Å². The van der Waals surface area contributed by atoms with Gasteiger partial charge in [-0.25, -0.2) is 0 Å². The van der Waals surface area contributed by atoms with E-state index >= 15 is 0 Å². The number of rotatable bonds is 41. The minimum atomic E-state index is -1.58. The van der Waals surface area contributed by atoms with Crippen LogP contribution in [0.2, 0.25) is 0 Å². The van der Waals surface area contributed by atoms with Crippen molar-refractivity contribution in [2.45, 2.75) is 249 Å². The van der Waals surface area contributed by atoms with Crippen molar-refractivity contribution in [3.63, 3.8) is 0 Å². The second kappa shape index (κ2) is 41.9. The molecule has 1 aliphatic heterocycles. The highest BCUT2D eigenvalue weighted by Crippen LogP contribution is 2.22. The van der Waals surface area contributed by atoms with Crippen LogP contribution in [0.25, 0.3) is 0 Å². The molecule has 0 aromatic carbocycles. The maximum atomic E-state index is 13.0. The molecule has 0 bridgehead atoms. The van der Waals surface area contributed by atoms with Gasteiger partial charge in [-0.1, -0.05) is 184 Å². The molecule has 0 aromatic rings. The zero-order chi connectivity index (χ0) is 44.4. The lowest BCUT2D eigenvalue weighted by atomic mass is 9.99. The average Bonchev–Trinajstić information content (AvgIpc) is 3.26. The minimum absolute atomic E-state index is 0.201. The van der Waals surface area contributed by atoms with Gasteiger partial charge in [0, 0.05) is 6.42 Å². The monoisotopic (exact) mass is 860 g/mol. The second-order valence-corrected chi connectivity index (χ2v) is 17.2. The van der Waals surface area contributed by atoms with Gasteiger partial charge in [0.15, 0.2) is 6.29 Å². The summed E-state index contributed by atoms with van der Waals surface area (Å²) < 4.78 is 11.2. The molecule has 0 radical (unpaired) electrons. The van der Waals surface area contributed by atoms with Crippen molar-refractivity contribution in [3.05, 3.63) is 60.8 Å². The molecule has 0 saturated carbocycles. The third-order valence-electron chi connectivity index (χ3n) is 11.5. The fourth-order valence-electron chi connectivity index (χ4n) is 7.51. The highest BCUT2D eigenvalue weighted by molar-refractivity contribution is 5.76. The largest absolute Gasteiger partial charge is 0.394 e. The number of hydrogen-bond acceptors (Lipinski definition) is 8. The molecule has 354 valence electrons. The number of aliphatic hydroxyl groups is 5. The van der Waals surface area contributed by atoms with Crippen LogP contribution in [0.5, 0.6) is 0 Å². The lowest BCUT2D eigenvalue weighted by Crippen LogP contribution is -2.60. The van der Waals surface area contributed by atoms with Gasteiger partial charge in [-0.15, -0.1) is 0 Å². The molecular formula is C52H93NO8. The summed E-state index contributed by atoms with van der Waals surface area (Å²) in [6.07, 6.45) is 48.4. The molecule has 61 heavy (non-hydrogen) atoms. The van der Waals surface area contributed by atoms with Crippen molar-refractivity contribution in [1.29, 1.82) is 0 Å². The van der Waals surface area contributed by atoms with Crippen molar-refractivity contribution < 1.29 is 39.8 Å². The fraction of sp³-hybridized carbons (Fsp3) is 0.788. The number of amides is 1. The third-order valence-corrected chi connectivity index (χ3v) is 11.5. The van der Waals surface area contributed by atoms with Crippen molar-refractivity contribution in [2.75, 3.05) is 13.2 Å². The molecule has 9 nitrogen and oxygen atoms in total. The third kappa shape index (κ3) is 32.2. The van der Waals surface area contributed by atoms with Gasteiger partial charge in [-0.3, -0.25) is 4.79 Å². The number of unbranched alkanes of at least 4 members (excludes halogenated alkanes) is 23. The zero-order valence-electron chi connectivity index (χ0n) is 38.9. The van der Waals surface area contributed by atoms with E-state index in [1.807, 2.05) is 6.08 Å². The first-order chi connectivity index (χ1) is 29.8. The van der Waals surface area contributed by atoms with Gasteiger partial charge >= 0.3 is 0 Å². The molecule has 0 aliphatic carbocycles. The first-order valence-electron chi connectivity index (χ1n) is 25.0. The van der Waals surface area contributed by atoms with Crippen LogP contribution in [0.3, 0.4) is 0 Å². The fourth-order valence-corrected chi connectivity index (χ4v) is 7.51. The van der Waals surface area contributed by atoms with E-state index in [-0.39, 0.29) is 12.5 Å². The number of carbonyl (C=O) groups excluding carboxylic acids is 1. The van der Waals surface area contributed by atoms with Gasteiger partial charge in [0.1, 0.15) is 24.4 Å². The Morgan fingerprint density at radius 3 is 1.48 bits per heavy atom. The van der Waals surface area contributed by atoms with Crippen molar-refractivity contribution in [1.82, 2.24) is 5.32 Å². The number of ether oxygens (including phenoxy) is 2. The van der Waals surface area contributed by atoms with E-state index in [0.29, 0.717) is 6.42 Å². The average molecular weight is 860 g/mol. The zero-order valence-corrected chi connectivity index (χ0v) is 38.9. The smallest absolute Gasteiger partial charge is 0.220 e. The lowest BCUT2D eigenvalue weighted by molar-refractivity contribution is -0.302. The summed E-state index contributed by atoms with van der Waals surface area (Å²) in [5, 5.41) is 54.2. The van der Waals surface area contributed by atoms with Crippen LogP contribution in [0, 0.1) is 0 Å². The number of allylic oxidation sites excluding steroid dienone is 9. The predicted molar refractivity (Wildman–Crippen MR) is 253 cm³/mol. The maximum Gasteiger partial charge on any atom is 0.220 e. The van der Waals surface area contributed by atoms with Crippen molar-refractivity contribution in [2.24, 2.45) is 0 Å². The molecule has 1 saturated heterocycles. The highest BCUT2D eigenvalue weighted by atomic mass is 16.7. The van der Waals surface area contributed by atoms with Gasteiger partial charge in [0.05, 0.1) is 25.4 Å². The Bertz CT molecular complexity index is 1140. The Morgan fingerprint density at radius 1 is 0.557 bits per heavy atom. The normalized spacial score (nSPS) is 20.9. The first-order valence-corrected chi connectivity index (χ1v) is 25.0. The van der Waals surface area contributed by atoms with Crippen LogP contribution >= 0.6 is 0 Å². The molecule has 1 amide bonds. The Hall–Kier alpha value is -2.11. The molecule has 0 spiro atoms. The Morgan fingerprint density at radius 2 is 0.984 bits per heavy atom. The molecular weight excluding hydrogens is 767 g/mol. The molecule has 7 atom stereocenters. The number of nitrogens with one attached hydrogen (secondary N) is 1. The van der Waals surface area contributed by atoms with Gasteiger partial charge in [0.2, 0.25) is 5.91 Å². The first kappa shape index (κ1) is 56.9. The minimum Gasteiger partial charge on any atom is -0.394 e. The van der Waals surface area contributed by atoms with Gasteiger partial charge in [-0.2, -0.15) is 0 Å². The quantitative estimate of drug-likeness (QED) is 0.0263. The van der Waals surface area contributed by atoms with Crippen LogP contribution in [0.1, 0.15) is 206 Å². The number of aliphatic hydroxyl groups excluding tert-OH is 5. The van der Waals surface area contributed by atoms with Gasteiger partial charge in [0.25, 0.3) is 0 Å². The van der Waals surface area contributed by atoms with Crippen molar-refractivity contribution >= 4 is 5.91 Å². The molecule has 1 heterocycles. The number of hydrogen-bond donors (Lipinski definition) is 6. The topological polar surface area (TPSA) is 149 Å². The molecule has 9 heteroatoms. The summed E-state index contributed by atoms with van der Waals surface area (Å²) in [6.45, 7) is 3.73. The van der Waals surface area contributed by atoms with E-state index in [4.69, 9.17) is 9.47 Å². The van der Waals surface area contributed by atoms with Crippen LogP contribution in [-0.4, -0.2) is 87.5 Å². The van der Waals surface area contributed by atoms with E-state index < -0.39 is 49.5 Å². The van der Waals surface area contributed by atoms with Crippen LogP contribution in [-0.2, 0) is 14.3 Å². The molecule has 1 fully saturated rings. The SMILES string of the molecule is CCCCCCC/C=C/CC/C=C/CC/C=C/C(O)C(COC1OC(CO)C(O)C(O)C1O)NC(=O)CCCCCCCCC/C=C\C/C=C\CCCCCCCCCCC. The molecule has 1 aliphatic rings. The summed E-state index contributed by atoms with van der Waals surface area (Å²) in [7, 11) is 0. The van der Waals surface area contributed by atoms with Crippen LogP contribution < -0.4 is 5.32 Å². The molecule has 1 rings (SSSR count). The maximum absolute atomic E-state index is 13.0.